The fourth-order valence-electron chi connectivity index (χ4n) is 9.18. The smallest absolute Gasteiger partial charge is 0.160 e. The van der Waals surface area contributed by atoms with E-state index in [0.29, 0.717) is 5.82 Å². The molecule has 9 aromatic carbocycles. The number of para-hydroxylation sites is 3. The standard InChI is InChI=1S/C58H38N4/c1-4-16-39(17-5-1)44-32-33-57-51(36-44)50-24-12-15-27-56(50)62(57)47-35-45(34-46(37-47)61-54-25-13-10-22-48(54)49-23-11-14-26-55(49)61)40-28-30-43(31-29-40)58-59-52(41-18-6-2-7-19-41)38-53(60-58)42-20-8-3-9-21-42/h1-38H. The summed E-state index contributed by atoms with van der Waals surface area (Å²) in [5.41, 5.74) is 16.3. The van der Waals surface area contributed by atoms with Crippen LogP contribution in [-0.2, 0) is 0 Å². The molecule has 0 radical (unpaired) electrons. The Hall–Kier alpha value is -8.34. The van der Waals surface area contributed by atoms with Crippen molar-refractivity contribution >= 4 is 43.6 Å². The summed E-state index contributed by atoms with van der Waals surface area (Å²) in [6, 6.07) is 82.3. The van der Waals surface area contributed by atoms with Crippen LogP contribution in [0.2, 0.25) is 0 Å². The fraction of sp³-hybridized carbons (Fsp3) is 0. The minimum atomic E-state index is 0.691. The van der Waals surface area contributed by atoms with Crippen LogP contribution in [0, 0.1) is 0 Å². The molecule has 0 unspecified atom stereocenters. The third-order valence-corrected chi connectivity index (χ3v) is 12.1. The van der Waals surface area contributed by atoms with Crippen molar-refractivity contribution in [2.75, 3.05) is 0 Å². The van der Waals surface area contributed by atoms with E-state index >= 15 is 0 Å². The largest absolute Gasteiger partial charge is 0.309 e. The molecule has 0 saturated heterocycles. The number of fused-ring (bicyclic) bond motifs is 6. The summed E-state index contributed by atoms with van der Waals surface area (Å²) in [5, 5.41) is 4.92. The van der Waals surface area contributed by atoms with Crippen LogP contribution < -0.4 is 0 Å². The van der Waals surface area contributed by atoms with E-state index < -0.39 is 0 Å². The number of benzene rings is 9. The molecule has 0 atom stereocenters. The van der Waals surface area contributed by atoms with Gasteiger partial charge in [-0.05, 0) is 76.9 Å². The SMILES string of the molecule is c1ccc(-c2ccc3c(c2)c2ccccc2n3-c2cc(-c3ccc(-c4nc(-c5ccccc5)cc(-c5ccccc5)n4)cc3)cc(-n3c4ccccc4c4ccccc43)c2)cc1. The van der Waals surface area contributed by atoms with Crippen LogP contribution in [0.15, 0.2) is 231 Å². The van der Waals surface area contributed by atoms with Gasteiger partial charge in [-0.2, -0.15) is 0 Å². The number of hydrogen-bond donors (Lipinski definition) is 0. The molecule has 0 bridgehead atoms. The molecule has 0 aliphatic heterocycles. The average Bonchev–Trinajstić information content (AvgIpc) is 3.87. The zero-order valence-electron chi connectivity index (χ0n) is 33.7. The summed E-state index contributed by atoms with van der Waals surface area (Å²) in [6.07, 6.45) is 0. The van der Waals surface area contributed by atoms with Crippen molar-refractivity contribution in [2.24, 2.45) is 0 Å². The van der Waals surface area contributed by atoms with Crippen LogP contribution in [-0.4, -0.2) is 19.1 Å². The van der Waals surface area contributed by atoms with Crippen molar-refractivity contribution in [3.05, 3.63) is 231 Å². The Morgan fingerprint density at radius 3 is 1.15 bits per heavy atom. The van der Waals surface area contributed by atoms with Gasteiger partial charge in [0.15, 0.2) is 5.82 Å². The van der Waals surface area contributed by atoms with Gasteiger partial charge in [0, 0.05) is 49.6 Å². The van der Waals surface area contributed by atoms with Crippen molar-refractivity contribution in [3.8, 4) is 67.5 Å². The first-order valence-corrected chi connectivity index (χ1v) is 21.1. The predicted molar refractivity (Wildman–Crippen MR) is 258 cm³/mol. The number of hydrogen-bond acceptors (Lipinski definition) is 2. The highest BCUT2D eigenvalue weighted by atomic mass is 15.0. The molecular formula is C58H38N4. The van der Waals surface area contributed by atoms with E-state index in [1.54, 1.807) is 0 Å². The van der Waals surface area contributed by atoms with Crippen molar-refractivity contribution in [2.45, 2.75) is 0 Å². The molecule has 12 aromatic rings. The Bertz CT molecular complexity index is 3490. The highest BCUT2D eigenvalue weighted by Crippen LogP contribution is 2.39. The molecule has 12 rings (SSSR count). The van der Waals surface area contributed by atoms with E-state index in [9.17, 15) is 0 Å². The highest BCUT2D eigenvalue weighted by molar-refractivity contribution is 6.11. The van der Waals surface area contributed by atoms with Crippen LogP contribution >= 0.6 is 0 Å². The molecule has 3 heterocycles. The number of rotatable bonds is 7. The first kappa shape index (κ1) is 35.6. The molecule has 0 spiro atoms. The van der Waals surface area contributed by atoms with Crippen LogP contribution in [0.25, 0.3) is 111 Å². The van der Waals surface area contributed by atoms with Crippen LogP contribution in [0.4, 0.5) is 0 Å². The quantitative estimate of drug-likeness (QED) is 0.161. The van der Waals surface area contributed by atoms with Gasteiger partial charge < -0.3 is 9.13 Å². The maximum Gasteiger partial charge on any atom is 0.160 e. The normalized spacial score (nSPS) is 11.5. The zero-order valence-corrected chi connectivity index (χ0v) is 33.7. The summed E-state index contributed by atoms with van der Waals surface area (Å²) in [7, 11) is 0. The summed E-state index contributed by atoms with van der Waals surface area (Å²) in [5.74, 6) is 0.691. The number of nitrogens with zero attached hydrogens (tertiary/aromatic N) is 4. The van der Waals surface area contributed by atoms with Crippen molar-refractivity contribution in [3.63, 3.8) is 0 Å². The molecule has 0 fully saturated rings. The van der Waals surface area contributed by atoms with Gasteiger partial charge in [-0.25, -0.2) is 9.97 Å². The lowest BCUT2D eigenvalue weighted by molar-refractivity contribution is 1.13. The molecule has 4 nitrogen and oxygen atoms in total. The van der Waals surface area contributed by atoms with E-state index in [2.05, 4.69) is 228 Å². The van der Waals surface area contributed by atoms with E-state index in [0.717, 1.165) is 61.6 Å². The van der Waals surface area contributed by atoms with Crippen LogP contribution in [0.1, 0.15) is 0 Å². The van der Waals surface area contributed by atoms with E-state index in [-0.39, 0.29) is 0 Å². The maximum absolute atomic E-state index is 5.12. The number of aromatic nitrogens is 4. The second-order valence-corrected chi connectivity index (χ2v) is 15.8. The maximum atomic E-state index is 5.12. The van der Waals surface area contributed by atoms with Gasteiger partial charge in [-0.1, -0.05) is 176 Å². The monoisotopic (exact) mass is 790 g/mol. The molecule has 0 N–H and O–H groups in total. The first-order chi connectivity index (χ1) is 30.7. The van der Waals surface area contributed by atoms with Crippen LogP contribution in [0.3, 0.4) is 0 Å². The minimum absolute atomic E-state index is 0.691. The lowest BCUT2D eigenvalue weighted by Gasteiger charge is -2.16. The minimum Gasteiger partial charge on any atom is -0.309 e. The van der Waals surface area contributed by atoms with Crippen molar-refractivity contribution in [1.29, 1.82) is 0 Å². The van der Waals surface area contributed by atoms with Gasteiger partial charge >= 0.3 is 0 Å². The summed E-state index contributed by atoms with van der Waals surface area (Å²) in [6.45, 7) is 0. The Balaban J connectivity index is 1.06. The summed E-state index contributed by atoms with van der Waals surface area (Å²) < 4.78 is 4.85. The second kappa shape index (κ2) is 14.7. The molecule has 0 aliphatic rings. The summed E-state index contributed by atoms with van der Waals surface area (Å²) >= 11 is 0. The molecule has 290 valence electrons. The van der Waals surface area contributed by atoms with Gasteiger partial charge in [-0.15, -0.1) is 0 Å². The fourth-order valence-corrected chi connectivity index (χ4v) is 9.18. The highest BCUT2D eigenvalue weighted by Gasteiger charge is 2.18. The topological polar surface area (TPSA) is 35.6 Å². The average molecular weight is 791 g/mol. The molecule has 0 saturated carbocycles. The van der Waals surface area contributed by atoms with Gasteiger partial charge in [-0.3, -0.25) is 0 Å². The Kier molecular flexibility index (Phi) is 8.46. The van der Waals surface area contributed by atoms with Crippen molar-refractivity contribution < 1.29 is 0 Å². The molecule has 0 amide bonds. The molecule has 0 aliphatic carbocycles. The summed E-state index contributed by atoms with van der Waals surface area (Å²) in [4.78, 5) is 10.2. The Morgan fingerprint density at radius 2 is 0.629 bits per heavy atom. The van der Waals surface area contributed by atoms with E-state index in [4.69, 9.17) is 9.97 Å². The second-order valence-electron chi connectivity index (χ2n) is 15.8. The van der Waals surface area contributed by atoms with Gasteiger partial charge in [0.05, 0.1) is 33.5 Å². The molecular weight excluding hydrogens is 753 g/mol. The lowest BCUT2D eigenvalue weighted by Crippen LogP contribution is -2.00. The zero-order chi connectivity index (χ0) is 41.0. The molecule has 62 heavy (non-hydrogen) atoms. The molecule has 4 heteroatoms. The first-order valence-electron chi connectivity index (χ1n) is 21.1. The van der Waals surface area contributed by atoms with Crippen molar-refractivity contribution in [1.82, 2.24) is 19.1 Å². The van der Waals surface area contributed by atoms with Crippen LogP contribution in [0.5, 0.6) is 0 Å². The Labute approximate surface area is 359 Å². The van der Waals surface area contributed by atoms with E-state index in [1.807, 2.05) is 12.1 Å². The van der Waals surface area contributed by atoms with E-state index in [1.165, 1.54) is 43.7 Å². The Morgan fingerprint density at radius 1 is 0.242 bits per heavy atom. The van der Waals surface area contributed by atoms with Gasteiger partial charge in [0.1, 0.15) is 0 Å². The molecule has 3 aromatic heterocycles. The lowest BCUT2D eigenvalue weighted by atomic mass is 10.0. The predicted octanol–water partition coefficient (Wildman–Crippen LogP) is 15.0. The van der Waals surface area contributed by atoms with Gasteiger partial charge in [0.25, 0.3) is 0 Å². The third-order valence-electron chi connectivity index (χ3n) is 12.1. The van der Waals surface area contributed by atoms with Gasteiger partial charge in [0.2, 0.25) is 0 Å². The third kappa shape index (κ3) is 6.08.